The van der Waals surface area contributed by atoms with Gasteiger partial charge in [0.2, 0.25) is 0 Å². The topological polar surface area (TPSA) is 42.0 Å². The normalized spacial score (nSPS) is 14.8. The van der Waals surface area contributed by atoms with Gasteiger partial charge in [-0.2, -0.15) is 0 Å². The quantitative estimate of drug-likeness (QED) is 0.599. The second-order valence-corrected chi connectivity index (χ2v) is 6.70. The van der Waals surface area contributed by atoms with Crippen molar-refractivity contribution in [1.29, 1.82) is 0 Å². The zero-order chi connectivity index (χ0) is 18.1. The number of rotatable bonds is 8. The van der Waals surface area contributed by atoms with Crippen LogP contribution in [0.5, 0.6) is 5.75 Å². The van der Waals surface area contributed by atoms with Gasteiger partial charge in [0.25, 0.3) is 0 Å². The number of ether oxygens (including phenoxy) is 2. The molecule has 1 aromatic rings. The second-order valence-electron chi connectivity index (χ2n) is 6.26. The number of hydrogen-bond donors (Lipinski definition) is 0. The molecule has 1 aliphatic heterocycles. The summed E-state index contributed by atoms with van der Waals surface area (Å²) >= 11 is 5.83. The molecular weight excluding hydrogens is 375 g/mol. The monoisotopic (exact) mass is 404 g/mol. The zero-order valence-electron chi connectivity index (χ0n) is 15.7. The van der Waals surface area contributed by atoms with Gasteiger partial charge < -0.3 is 14.4 Å². The maximum absolute atomic E-state index is 12.1. The molecule has 0 saturated carbocycles. The van der Waals surface area contributed by atoms with E-state index in [-0.39, 0.29) is 18.5 Å². The molecule has 1 fully saturated rings. The van der Waals surface area contributed by atoms with E-state index in [1.54, 1.807) is 17.0 Å². The van der Waals surface area contributed by atoms with Crippen molar-refractivity contribution >= 4 is 30.1 Å². The third-order valence-corrected chi connectivity index (χ3v) is 4.88. The number of benzene rings is 1. The first-order chi connectivity index (χ1) is 12.1. The Morgan fingerprint density at radius 1 is 1.08 bits per heavy atom. The highest BCUT2D eigenvalue weighted by molar-refractivity contribution is 6.30. The summed E-state index contributed by atoms with van der Waals surface area (Å²) in [5.74, 6) is 0.772. The van der Waals surface area contributed by atoms with Crippen LogP contribution in [0, 0.1) is 0 Å². The highest BCUT2D eigenvalue weighted by Gasteiger charge is 2.25. The molecule has 1 aliphatic rings. The molecule has 0 spiro atoms. The summed E-state index contributed by atoms with van der Waals surface area (Å²) in [6.07, 6.45) is 2.78. The average molecular weight is 405 g/mol. The van der Waals surface area contributed by atoms with E-state index < -0.39 is 0 Å². The van der Waals surface area contributed by atoms with Gasteiger partial charge in [-0.15, -0.1) is 12.4 Å². The van der Waals surface area contributed by atoms with Crippen LogP contribution in [0.4, 0.5) is 4.79 Å². The molecule has 1 heterocycles. The lowest BCUT2D eigenvalue weighted by molar-refractivity contribution is 0.0596. The van der Waals surface area contributed by atoms with E-state index in [0.29, 0.717) is 30.7 Å². The van der Waals surface area contributed by atoms with Gasteiger partial charge in [0.05, 0.1) is 13.2 Å². The Kier molecular flexibility index (Phi) is 10.8. The summed E-state index contributed by atoms with van der Waals surface area (Å²) in [5.41, 5.74) is 0. The first-order valence-electron chi connectivity index (χ1n) is 9.18. The highest BCUT2D eigenvalue weighted by Crippen LogP contribution is 2.16. The molecule has 0 atom stereocenters. The minimum absolute atomic E-state index is 0. The van der Waals surface area contributed by atoms with Gasteiger partial charge in [0.15, 0.2) is 0 Å². The molecule has 0 radical (unpaired) electrons. The number of nitrogens with zero attached hydrogens (tertiary/aromatic N) is 2. The lowest BCUT2D eigenvalue weighted by atomic mass is 10.1. The third kappa shape index (κ3) is 7.22. The summed E-state index contributed by atoms with van der Waals surface area (Å²) in [6, 6.07) is 7.86. The Morgan fingerprint density at radius 3 is 2.27 bits per heavy atom. The molecule has 0 aliphatic carbocycles. The number of carbonyl (C=O) groups is 1. The third-order valence-electron chi connectivity index (χ3n) is 4.63. The first kappa shape index (κ1) is 22.9. The van der Waals surface area contributed by atoms with Gasteiger partial charge in [-0.05, 0) is 37.1 Å². The van der Waals surface area contributed by atoms with Crippen molar-refractivity contribution in [3.63, 3.8) is 0 Å². The lowest BCUT2D eigenvalue weighted by Crippen LogP contribution is -2.51. The number of hydrogen-bond acceptors (Lipinski definition) is 4. The van der Waals surface area contributed by atoms with Crippen molar-refractivity contribution in [2.24, 2.45) is 0 Å². The van der Waals surface area contributed by atoms with Gasteiger partial charge >= 0.3 is 6.09 Å². The first-order valence-corrected chi connectivity index (χ1v) is 9.56. The minimum atomic E-state index is -0.212. The molecule has 7 heteroatoms. The van der Waals surface area contributed by atoms with Crippen molar-refractivity contribution in [3.8, 4) is 5.75 Å². The largest absolute Gasteiger partial charge is 0.493 e. The fourth-order valence-electron chi connectivity index (χ4n) is 3.11. The van der Waals surface area contributed by atoms with Gasteiger partial charge in [-0.1, -0.05) is 25.4 Å². The Balaban J connectivity index is 0.00000338. The van der Waals surface area contributed by atoms with E-state index in [4.69, 9.17) is 21.1 Å². The minimum Gasteiger partial charge on any atom is -0.493 e. The fourth-order valence-corrected chi connectivity index (χ4v) is 3.23. The van der Waals surface area contributed by atoms with Gasteiger partial charge in [0.1, 0.15) is 5.75 Å². The molecule has 1 saturated heterocycles. The molecule has 5 nitrogen and oxygen atoms in total. The zero-order valence-corrected chi connectivity index (χ0v) is 17.2. The Morgan fingerprint density at radius 2 is 1.69 bits per heavy atom. The summed E-state index contributed by atoms with van der Waals surface area (Å²) in [5, 5.41) is 0.686. The van der Waals surface area contributed by atoms with Crippen LogP contribution in [0.25, 0.3) is 0 Å². The molecule has 0 aromatic heterocycles. The van der Waals surface area contributed by atoms with E-state index >= 15 is 0 Å². The van der Waals surface area contributed by atoms with Crippen LogP contribution in [-0.2, 0) is 4.74 Å². The number of amides is 1. The molecule has 1 aromatic carbocycles. The van der Waals surface area contributed by atoms with Crippen molar-refractivity contribution in [2.45, 2.75) is 39.2 Å². The van der Waals surface area contributed by atoms with Crippen LogP contribution < -0.4 is 4.74 Å². The molecule has 2 rings (SSSR count). The van der Waals surface area contributed by atoms with Crippen LogP contribution in [0.1, 0.15) is 33.1 Å². The molecule has 26 heavy (non-hydrogen) atoms. The number of piperazine rings is 1. The second kappa shape index (κ2) is 12.3. The number of halogens is 2. The molecule has 0 N–H and O–H groups in total. The summed E-state index contributed by atoms with van der Waals surface area (Å²) in [7, 11) is 0. The molecule has 1 amide bonds. The number of carbonyl (C=O) groups excluding carboxylic acids is 1. The predicted molar refractivity (Wildman–Crippen MR) is 108 cm³/mol. The maximum atomic E-state index is 12.1. The van der Waals surface area contributed by atoms with Crippen molar-refractivity contribution in [3.05, 3.63) is 29.3 Å². The van der Waals surface area contributed by atoms with Gasteiger partial charge in [0, 0.05) is 43.7 Å². The van der Waals surface area contributed by atoms with Crippen LogP contribution >= 0.6 is 24.0 Å². The molecule has 0 bridgehead atoms. The van der Waals surface area contributed by atoms with Crippen molar-refractivity contribution in [1.82, 2.24) is 9.80 Å². The Hall–Kier alpha value is -1.17. The SMILES string of the molecule is CCC(CC)N1CCN(C(=O)OCCCOc2ccc(Cl)cc2)CC1.Cl. The lowest BCUT2D eigenvalue weighted by Gasteiger charge is -2.38. The van der Waals surface area contributed by atoms with Crippen LogP contribution in [0.15, 0.2) is 24.3 Å². The van der Waals surface area contributed by atoms with E-state index in [2.05, 4.69) is 18.7 Å². The van der Waals surface area contributed by atoms with Gasteiger partial charge in [-0.25, -0.2) is 4.79 Å². The van der Waals surface area contributed by atoms with Gasteiger partial charge in [-0.3, -0.25) is 4.90 Å². The molecular formula is C19H30Cl2N2O3. The van der Waals surface area contributed by atoms with Crippen LogP contribution in [0.3, 0.4) is 0 Å². The molecule has 148 valence electrons. The maximum Gasteiger partial charge on any atom is 0.409 e. The smallest absolute Gasteiger partial charge is 0.409 e. The predicted octanol–water partition coefficient (Wildman–Crippen LogP) is 4.47. The van der Waals surface area contributed by atoms with E-state index in [1.165, 1.54) is 0 Å². The summed E-state index contributed by atoms with van der Waals surface area (Å²) in [4.78, 5) is 16.4. The van der Waals surface area contributed by atoms with Crippen LogP contribution in [-0.4, -0.2) is 61.3 Å². The van der Waals surface area contributed by atoms with E-state index in [1.807, 2.05) is 12.1 Å². The van der Waals surface area contributed by atoms with Crippen LogP contribution in [0.2, 0.25) is 5.02 Å². The average Bonchev–Trinajstić information content (AvgIpc) is 2.64. The Labute approximate surface area is 168 Å². The van der Waals surface area contributed by atoms with Crippen molar-refractivity contribution < 1.29 is 14.3 Å². The summed E-state index contributed by atoms with van der Waals surface area (Å²) < 4.78 is 10.9. The highest BCUT2D eigenvalue weighted by atomic mass is 35.5. The summed E-state index contributed by atoms with van der Waals surface area (Å²) in [6.45, 7) is 8.69. The van der Waals surface area contributed by atoms with E-state index in [9.17, 15) is 4.79 Å². The molecule has 0 unspecified atom stereocenters. The van der Waals surface area contributed by atoms with Crippen molar-refractivity contribution in [2.75, 3.05) is 39.4 Å². The fraction of sp³-hybridized carbons (Fsp3) is 0.632. The van der Waals surface area contributed by atoms with E-state index in [0.717, 1.165) is 44.8 Å². The Bertz CT molecular complexity index is 516. The standard InChI is InChI=1S/C19H29ClN2O3.ClH/c1-3-17(4-2)21-10-12-22(13-11-21)19(23)25-15-5-14-24-18-8-6-16(20)7-9-18;/h6-9,17H,3-5,10-15H2,1-2H3;1H.